The summed E-state index contributed by atoms with van der Waals surface area (Å²) in [6.07, 6.45) is 3.02. The van der Waals surface area contributed by atoms with Crippen molar-refractivity contribution >= 4 is 28.9 Å². The summed E-state index contributed by atoms with van der Waals surface area (Å²) in [6, 6.07) is 5.50. The molecule has 0 fully saturated rings. The zero-order valence-electron chi connectivity index (χ0n) is 12.4. The van der Waals surface area contributed by atoms with Crippen LogP contribution < -0.4 is 10.6 Å². The third-order valence-electron chi connectivity index (χ3n) is 2.88. The fraction of sp³-hybridized carbons (Fsp3) is 0.429. The van der Waals surface area contributed by atoms with E-state index in [2.05, 4.69) is 20.7 Å². The van der Waals surface area contributed by atoms with Gasteiger partial charge in [-0.3, -0.25) is 9.67 Å². The number of aromatic nitrogens is 2. The van der Waals surface area contributed by atoms with Gasteiger partial charge in [-0.2, -0.15) is 5.10 Å². The molecule has 8 heteroatoms. The van der Waals surface area contributed by atoms with Crippen molar-refractivity contribution in [1.82, 2.24) is 20.4 Å². The smallest absolute Gasteiger partial charge is 0.191 e. The van der Waals surface area contributed by atoms with Crippen LogP contribution in [-0.4, -0.2) is 40.5 Å². The highest BCUT2D eigenvalue weighted by atomic mass is 35.5. The predicted octanol–water partition coefficient (Wildman–Crippen LogP) is 1.89. The molecule has 3 N–H and O–H groups in total. The molecule has 0 spiro atoms. The highest BCUT2D eigenvalue weighted by molar-refractivity contribution is 7.16. The van der Waals surface area contributed by atoms with Gasteiger partial charge in [0, 0.05) is 30.4 Å². The summed E-state index contributed by atoms with van der Waals surface area (Å²) >= 11 is 7.24. The van der Waals surface area contributed by atoms with Gasteiger partial charge in [0.15, 0.2) is 5.96 Å². The summed E-state index contributed by atoms with van der Waals surface area (Å²) in [7, 11) is 0. The molecule has 0 aliphatic rings. The normalized spacial score (nSPS) is 13.1. The maximum Gasteiger partial charge on any atom is 0.191 e. The molecular formula is C14H20ClN5OS. The second-order valence-electron chi connectivity index (χ2n) is 4.57. The van der Waals surface area contributed by atoms with Gasteiger partial charge >= 0.3 is 0 Å². The minimum atomic E-state index is -0.640. The number of aliphatic imine (C=N–C) groups is 1. The van der Waals surface area contributed by atoms with Gasteiger partial charge in [-0.25, -0.2) is 0 Å². The van der Waals surface area contributed by atoms with Gasteiger partial charge in [0.25, 0.3) is 0 Å². The maximum atomic E-state index is 10.1. The van der Waals surface area contributed by atoms with Crippen molar-refractivity contribution in [3.8, 4) is 0 Å². The second-order valence-corrected chi connectivity index (χ2v) is 6.32. The SMILES string of the molecule is CCNC(=NCC(O)c1ccc(Cl)s1)NCCn1cccn1. The van der Waals surface area contributed by atoms with Gasteiger partial charge in [0.05, 0.1) is 17.4 Å². The van der Waals surface area contributed by atoms with Gasteiger partial charge in [-0.15, -0.1) is 11.3 Å². The highest BCUT2D eigenvalue weighted by Crippen LogP contribution is 2.26. The summed E-state index contributed by atoms with van der Waals surface area (Å²) in [5.41, 5.74) is 0. The third-order valence-corrected chi connectivity index (χ3v) is 4.21. The van der Waals surface area contributed by atoms with Crippen molar-refractivity contribution in [3.05, 3.63) is 39.8 Å². The molecule has 1 atom stereocenters. The third kappa shape index (κ3) is 5.32. The number of guanidine groups is 1. The van der Waals surface area contributed by atoms with Crippen LogP contribution in [0.4, 0.5) is 0 Å². The molecule has 22 heavy (non-hydrogen) atoms. The molecule has 0 radical (unpaired) electrons. The van der Waals surface area contributed by atoms with Crippen molar-refractivity contribution in [2.24, 2.45) is 4.99 Å². The molecule has 0 saturated heterocycles. The standard InChI is InChI=1S/C14H20ClN5OS/c1-2-16-14(17-7-9-20-8-3-6-19-20)18-10-11(21)12-4-5-13(15)22-12/h3-6,8,11,21H,2,7,9-10H2,1H3,(H2,16,17,18). The molecule has 0 aliphatic carbocycles. The first-order valence-corrected chi connectivity index (χ1v) is 8.31. The van der Waals surface area contributed by atoms with Gasteiger partial charge in [-0.1, -0.05) is 11.6 Å². The van der Waals surface area contributed by atoms with E-state index < -0.39 is 6.10 Å². The summed E-state index contributed by atoms with van der Waals surface area (Å²) in [6.45, 7) is 4.50. The molecule has 1 unspecified atom stereocenters. The zero-order valence-corrected chi connectivity index (χ0v) is 13.9. The number of thiophene rings is 1. The number of nitrogens with zero attached hydrogens (tertiary/aromatic N) is 3. The Morgan fingerprint density at radius 2 is 2.36 bits per heavy atom. The van der Waals surface area contributed by atoms with E-state index in [1.165, 1.54) is 11.3 Å². The first-order chi connectivity index (χ1) is 10.7. The highest BCUT2D eigenvalue weighted by Gasteiger charge is 2.10. The number of hydrogen-bond acceptors (Lipinski definition) is 4. The molecule has 2 rings (SSSR count). The van der Waals surface area contributed by atoms with Crippen LogP contribution in [0.1, 0.15) is 17.9 Å². The first-order valence-electron chi connectivity index (χ1n) is 7.12. The second kappa shape index (κ2) is 8.77. The average molecular weight is 342 g/mol. The van der Waals surface area contributed by atoms with Crippen LogP contribution in [0.15, 0.2) is 35.6 Å². The van der Waals surface area contributed by atoms with Crippen molar-refractivity contribution < 1.29 is 5.11 Å². The lowest BCUT2D eigenvalue weighted by Crippen LogP contribution is -2.39. The number of rotatable bonds is 7. The Labute approximate surface area is 138 Å². The fourth-order valence-electron chi connectivity index (χ4n) is 1.84. The van der Waals surface area contributed by atoms with Crippen molar-refractivity contribution in [2.75, 3.05) is 19.6 Å². The molecule has 0 aromatic carbocycles. The lowest BCUT2D eigenvalue weighted by atomic mass is 10.3. The summed E-state index contributed by atoms with van der Waals surface area (Å²) in [5.74, 6) is 0.677. The monoisotopic (exact) mass is 341 g/mol. The van der Waals surface area contributed by atoms with Crippen LogP contribution in [0.3, 0.4) is 0 Å². The molecular weight excluding hydrogens is 322 g/mol. The average Bonchev–Trinajstić information content (AvgIpc) is 3.16. The van der Waals surface area contributed by atoms with E-state index in [4.69, 9.17) is 11.6 Å². The van der Waals surface area contributed by atoms with Crippen LogP contribution in [0, 0.1) is 0 Å². The van der Waals surface area contributed by atoms with Gasteiger partial charge in [0.2, 0.25) is 0 Å². The topological polar surface area (TPSA) is 74.5 Å². The molecule has 0 bridgehead atoms. The largest absolute Gasteiger partial charge is 0.386 e. The Kier molecular flexibility index (Phi) is 6.70. The summed E-state index contributed by atoms with van der Waals surface area (Å²) < 4.78 is 2.52. The van der Waals surface area contributed by atoms with Gasteiger partial charge in [0.1, 0.15) is 6.10 Å². The Morgan fingerprint density at radius 3 is 3.00 bits per heavy atom. The van der Waals surface area contributed by atoms with Crippen LogP contribution >= 0.6 is 22.9 Å². The van der Waals surface area contributed by atoms with E-state index >= 15 is 0 Å². The quantitative estimate of drug-likeness (QED) is 0.531. The predicted molar refractivity (Wildman–Crippen MR) is 90.5 cm³/mol. The number of hydrogen-bond donors (Lipinski definition) is 3. The van der Waals surface area contributed by atoms with E-state index in [0.29, 0.717) is 16.8 Å². The Morgan fingerprint density at radius 1 is 1.50 bits per heavy atom. The van der Waals surface area contributed by atoms with E-state index in [0.717, 1.165) is 18.0 Å². The van der Waals surface area contributed by atoms with Crippen molar-refractivity contribution in [2.45, 2.75) is 19.6 Å². The summed E-state index contributed by atoms with van der Waals surface area (Å²) in [4.78, 5) is 5.22. The number of aliphatic hydroxyl groups is 1. The molecule has 0 amide bonds. The number of halogens is 1. The van der Waals surface area contributed by atoms with Crippen molar-refractivity contribution in [3.63, 3.8) is 0 Å². The lowest BCUT2D eigenvalue weighted by Gasteiger charge is -2.12. The van der Waals surface area contributed by atoms with E-state index in [9.17, 15) is 5.11 Å². The van der Waals surface area contributed by atoms with Crippen LogP contribution in [0.2, 0.25) is 4.34 Å². The fourth-order valence-corrected chi connectivity index (χ4v) is 2.88. The van der Waals surface area contributed by atoms with E-state index in [1.54, 1.807) is 12.3 Å². The van der Waals surface area contributed by atoms with E-state index in [-0.39, 0.29) is 6.54 Å². The number of nitrogens with one attached hydrogen (secondary N) is 2. The molecule has 0 saturated carbocycles. The lowest BCUT2D eigenvalue weighted by molar-refractivity contribution is 0.191. The molecule has 0 aliphatic heterocycles. The van der Waals surface area contributed by atoms with Crippen LogP contribution in [0.5, 0.6) is 0 Å². The molecule has 2 heterocycles. The molecule has 120 valence electrons. The summed E-state index contributed by atoms with van der Waals surface area (Å²) in [5, 5.41) is 20.6. The minimum Gasteiger partial charge on any atom is -0.386 e. The van der Waals surface area contributed by atoms with E-state index in [1.807, 2.05) is 29.9 Å². The van der Waals surface area contributed by atoms with Crippen LogP contribution in [0.25, 0.3) is 0 Å². The van der Waals surface area contributed by atoms with Gasteiger partial charge < -0.3 is 15.7 Å². The minimum absolute atomic E-state index is 0.286. The van der Waals surface area contributed by atoms with Crippen molar-refractivity contribution in [1.29, 1.82) is 0 Å². The zero-order chi connectivity index (χ0) is 15.8. The Hall–Kier alpha value is -1.57. The van der Waals surface area contributed by atoms with Crippen LogP contribution in [-0.2, 0) is 6.54 Å². The number of aliphatic hydroxyl groups excluding tert-OH is 1. The van der Waals surface area contributed by atoms with Gasteiger partial charge in [-0.05, 0) is 25.1 Å². The molecule has 2 aromatic heterocycles. The maximum absolute atomic E-state index is 10.1. The Balaban J connectivity index is 1.83. The Bertz CT molecular complexity index is 584. The molecule has 2 aromatic rings. The first kappa shape index (κ1) is 16.8. The molecule has 6 nitrogen and oxygen atoms in total.